The Morgan fingerprint density at radius 2 is 1.73 bits per heavy atom. The molecule has 0 aliphatic carbocycles. The number of carbonyl (C=O) groups is 3. The molecule has 0 radical (unpaired) electrons. The lowest BCUT2D eigenvalue weighted by molar-refractivity contribution is -0.127. The van der Waals surface area contributed by atoms with Crippen LogP contribution in [0, 0.1) is 10.5 Å². The smallest absolute Gasteiger partial charge is 0.329 e. The topological polar surface area (TPSA) is 97.0 Å². The van der Waals surface area contributed by atoms with E-state index in [9.17, 15) is 14.4 Å². The molecular formula is C28H26IN3O5. The highest BCUT2D eigenvalue weighted by Crippen LogP contribution is 2.30. The molecule has 1 heterocycles. The maximum absolute atomic E-state index is 12.9. The van der Waals surface area contributed by atoms with Crippen molar-refractivity contribution in [3.63, 3.8) is 0 Å². The second-order valence-electron chi connectivity index (χ2n) is 8.35. The molecule has 0 saturated carbocycles. The first-order valence-electron chi connectivity index (χ1n) is 11.7. The summed E-state index contributed by atoms with van der Waals surface area (Å²) in [7, 11) is 0. The number of hydrogen-bond acceptors (Lipinski definition) is 5. The summed E-state index contributed by atoms with van der Waals surface area (Å²) in [6.07, 6.45) is 1.55. The molecule has 8 nitrogen and oxygen atoms in total. The van der Waals surface area contributed by atoms with Crippen LogP contribution in [0.3, 0.4) is 0 Å². The average Bonchev–Trinajstić information content (AvgIpc) is 3.13. The predicted molar refractivity (Wildman–Crippen MR) is 149 cm³/mol. The Morgan fingerprint density at radius 1 is 1.00 bits per heavy atom. The second kappa shape index (κ2) is 11.9. The first kappa shape index (κ1) is 26.2. The minimum atomic E-state index is -0.655. The summed E-state index contributed by atoms with van der Waals surface area (Å²) in [6.45, 7) is 4.22. The van der Waals surface area contributed by atoms with Gasteiger partial charge in [-0.2, -0.15) is 0 Å². The van der Waals surface area contributed by atoms with E-state index in [1.807, 2.05) is 50.2 Å². The normalized spacial score (nSPS) is 14.0. The minimum absolute atomic E-state index is 0.0724. The Labute approximate surface area is 228 Å². The van der Waals surface area contributed by atoms with Gasteiger partial charge in [0, 0.05) is 9.26 Å². The number of imide groups is 1. The summed E-state index contributed by atoms with van der Waals surface area (Å²) in [4.78, 5) is 38.5. The zero-order chi connectivity index (χ0) is 26.4. The third kappa shape index (κ3) is 6.88. The molecule has 1 aliphatic rings. The fourth-order valence-corrected chi connectivity index (χ4v) is 3.97. The van der Waals surface area contributed by atoms with Crippen LogP contribution in [0.5, 0.6) is 11.5 Å². The van der Waals surface area contributed by atoms with Crippen molar-refractivity contribution in [1.29, 1.82) is 0 Å². The van der Waals surface area contributed by atoms with E-state index in [1.54, 1.807) is 36.4 Å². The fourth-order valence-electron chi connectivity index (χ4n) is 3.61. The summed E-state index contributed by atoms with van der Waals surface area (Å²) in [6, 6.07) is 19.9. The van der Waals surface area contributed by atoms with E-state index in [2.05, 4.69) is 33.2 Å². The average molecular weight is 611 g/mol. The quantitative estimate of drug-likeness (QED) is 0.199. The molecule has 190 valence electrons. The molecule has 9 heteroatoms. The summed E-state index contributed by atoms with van der Waals surface area (Å²) in [5.41, 5.74) is 3.38. The van der Waals surface area contributed by atoms with Crippen molar-refractivity contribution in [3.05, 3.63) is 92.7 Å². The van der Waals surface area contributed by atoms with Gasteiger partial charge in [0.1, 0.15) is 18.8 Å². The standard InChI is InChI=1S/C28H26IN3O5/c1-3-36-25-15-20(8-13-24(25)37-17-19-6-9-21(29)10-7-19)14-23-27(34)32(28(35)31-23)16-26(33)30-22-11-4-18(2)5-12-22/h4-15H,3,16-17H2,1-2H3,(H,30,33)(H,31,35)/b23-14+. The van der Waals surface area contributed by atoms with E-state index in [0.29, 0.717) is 36.0 Å². The number of benzene rings is 3. The molecule has 1 aliphatic heterocycles. The maximum atomic E-state index is 12.9. The molecule has 0 atom stereocenters. The lowest BCUT2D eigenvalue weighted by atomic mass is 10.1. The molecule has 3 aromatic rings. The second-order valence-corrected chi connectivity index (χ2v) is 9.59. The Morgan fingerprint density at radius 3 is 2.43 bits per heavy atom. The first-order valence-corrected chi connectivity index (χ1v) is 12.8. The van der Waals surface area contributed by atoms with Gasteiger partial charge < -0.3 is 20.1 Å². The van der Waals surface area contributed by atoms with Gasteiger partial charge in [-0.25, -0.2) is 9.69 Å². The van der Waals surface area contributed by atoms with Crippen molar-refractivity contribution in [1.82, 2.24) is 10.2 Å². The van der Waals surface area contributed by atoms with E-state index < -0.39 is 24.4 Å². The van der Waals surface area contributed by atoms with Crippen LogP contribution >= 0.6 is 22.6 Å². The Kier molecular flexibility index (Phi) is 8.44. The summed E-state index contributed by atoms with van der Waals surface area (Å²) in [5, 5.41) is 5.23. The lowest BCUT2D eigenvalue weighted by Crippen LogP contribution is -2.38. The minimum Gasteiger partial charge on any atom is -0.490 e. The number of amides is 4. The number of nitrogens with one attached hydrogen (secondary N) is 2. The van der Waals surface area contributed by atoms with Gasteiger partial charge in [-0.1, -0.05) is 35.9 Å². The third-order valence-corrected chi connectivity index (χ3v) is 6.20. The van der Waals surface area contributed by atoms with Gasteiger partial charge in [-0.15, -0.1) is 0 Å². The largest absolute Gasteiger partial charge is 0.490 e. The SMILES string of the molecule is CCOc1cc(/C=C2/NC(=O)N(CC(=O)Nc3ccc(C)cc3)C2=O)ccc1OCc1ccc(I)cc1. The van der Waals surface area contributed by atoms with Crippen molar-refractivity contribution in [2.24, 2.45) is 0 Å². The Balaban J connectivity index is 1.44. The van der Waals surface area contributed by atoms with Crippen LogP contribution in [0.15, 0.2) is 72.4 Å². The molecule has 4 rings (SSSR count). The molecule has 37 heavy (non-hydrogen) atoms. The lowest BCUT2D eigenvalue weighted by Gasteiger charge is -2.13. The monoisotopic (exact) mass is 611 g/mol. The molecule has 3 aromatic carbocycles. The van der Waals surface area contributed by atoms with E-state index in [4.69, 9.17) is 9.47 Å². The van der Waals surface area contributed by atoms with Crippen LogP contribution < -0.4 is 20.1 Å². The highest BCUT2D eigenvalue weighted by Gasteiger charge is 2.35. The molecule has 1 saturated heterocycles. The molecule has 0 aromatic heterocycles. The highest BCUT2D eigenvalue weighted by atomic mass is 127. The third-order valence-electron chi connectivity index (χ3n) is 5.49. The molecule has 4 amide bonds. The van der Waals surface area contributed by atoms with Crippen LogP contribution in [0.4, 0.5) is 10.5 Å². The van der Waals surface area contributed by atoms with Crippen LogP contribution in [0.1, 0.15) is 23.6 Å². The Bertz CT molecular complexity index is 1340. The molecule has 2 N–H and O–H groups in total. The molecular weight excluding hydrogens is 585 g/mol. The van der Waals surface area contributed by atoms with Crippen molar-refractivity contribution in [2.45, 2.75) is 20.5 Å². The maximum Gasteiger partial charge on any atom is 0.329 e. The zero-order valence-corrected chi connectivity index (χ0v) is 22.6. The van der Waals surface area contributed by atoms with Crippen LogP contribution in [0.2, 0.25) is 0 Å². The van der Waals surface area contributed by atoms with Gasteiger partial charge in [-0.05, 0) is 90.0 Å². The zero-order valence-electron chi connectivity index (χ0n) is 20.4. The summed E-state index contributed by atoms with van der Waals surface area (Å²) >= 11 is 2.25. The molecule has 1 fully saturated rings. The van der Waals surface area contributed by atoms with Gasteiger partial charge in [0.25, 0.3) is 5.91 Å². The number of aryl methyl sites for hydroxylation is 1. The van der Waals surface area contributed by atoms with E-state index in [0.717, 1.165) is 19.6 Å². The summed E-state index contributed by atoms with van der Waals surface area (Å²) in [5.74, 6) is 0.0371. The van der Waals surface area contributed by atoms with Gasteiger partial charge in [0.15, 0.2) is 11.5 Å². The van der Waals surface area contributed by atoms with Crippen molar-refractivity contribution in [2.75, 3.05) is 18.5 Å². The highest BCUT2D eigenvalue weighted by molar-refractivity contribution is 14.1. The number of urea groups is 1. The van der Waals surface area contributed by atoms with Crippen LogP contribution in [-0.4, -0.2) is 35.9 Å². The van der Waals surface area contributed by atoms with Gasteiger partial charge in [0.05, 0.1) is 6.61 Å². The number of anilines is 1. The number of ether oxygens (including phenoxy) is 2. The van der Waals surface area contributed by atoms with Crippen LogP contribution in [0.25, 0.3) is 6.08 Å². The van der Waals surface area contributed by atoms with Crippen molar-refractivity contribution >= 4 is 52.2 Å². The van der Waals surface area contributed by atoms with Gasteiger partial charge in [0.2, 0.25) is 5.91 Å². The number of rotatable bonds is 9. The Hall–Kier alpha value is -3.86. The van der Waals surface area contributed by atoms with E-state index >= 15 is 0 Å². The summed E-state index contributed by atoms with van der Waals surface area (Å²) < 4.78 is 12.8. The number of halogens is 1. The molecule has 0 unspecified atom stereocenters. The molecule has 0 spiro atoms. The van der Waals surface area contributed by atoms with Crippen molar-refractivity contribution in [3.8, 4) is 11.5 Å². The van der Waals surface area contributed by atoms with E-state index in [1.165, 1.54) is 0 Å². The van der Waals surface area contributed by atoms with E-state index in [-0.39, 0.29) is 5.70 Å². The van der Waals surface area contributed by atoms with Gasteiger partial charge >= 0.3 is 6.03 Å². The first-order chi connectivity index (χ1) is 17.8. The van der Waals surface area contributed by atoms with Crippen molar-refractivity contribution < 1.29 is 23.9 Å². The number of carbonyl (C=O) groups excluding carboxylic acids is 3. The number of nitrogens with zero attached hydrogens (tertiary/aromatic N) is 1. The number of hydrogen-bond donors (Lipinski definition) is 2. The van der Waals surface area contributed by atoms with Gasteiger partial charge in [-0.3, -0.25) is 9.59 Å². The predicted octanol–water partition coefficient (Wildman–Crippen LogP) is 5.11. The fraction of sp³-hybridized carbons (Fsp3) is 0.179. The molecule has 0 bridgehead atoms. The van der Waals surface area contributed by atoms with Crippen LogP contribution in [-0.2, 0) is 16.2 Å².